The Labute approximate surface area is 109 Å². The molecule has 2 aromatic heterocycles. The fourth-order valence-electron chi connectivity index (χ4n) is 1.95. The van der Waals surface area contributed by atoms with Gasteiger partial charge in [-0.25, -0.2) is 9.48 Å². The molecule has 0 aliphatic carbocycles. The van der Waals surface area contributed by atoms with E-state index in [1.54, 1.807) is 23.0 Å². The Bertz CT molecular complexity index is 713. The summed E-state index contributed by atoms with van der Waals surface area (Å²) in [6, 6.07) is 14.8. The molecule has 0 saturated heterocycles. The second kappa shape index (κ2) is 4.45. The van der Waals surface area contributed by atoms with Crippen molar-refractivity contribution in [2.75, 3.05) is 0 Å². The van der Waals surface area contributed by atoms with E-state index in [4.69, 9.17) is 5.11 Å². The standard InChI is InChI=1S/C14H11N3O2/c18-14(19)12-7-6-11(16-12)13-8-9-15-17(13)10-4-2-1-3-5-10/h1-9,16H,(H,18,19). The number of hydrogen-bond acceptors (Lipinski definition) is 2. The van der Waals surface area contributed by atoms with Gasteiger partial charge in [0.2, 0.25) is 0 Å². The number of aromatic carboxylic acids is 1. The molecule has 3 aromatic rings. The summed E-state index contributed by atoms with van der Waals surface area (Å²) in [5, 5.41) is 13.2. The van der Waals surface area contributed by atoms with Gasteiger partial charge in [-0.1, -0.05) is 18.2 Å². The largest absolute Gasteiger partial charge is 0.477 e. The van der Waals surface area contributed by atoms with Crippen molar-refractivity contribution in [3.63, 3.8) is 0 Å². The van der Waals surface area contributed by atoms with Gasteiger partial charge in [-0.15, -0.1) is 0 Å². The van der Waals surface area contributed by atoms with Gasteiger partial charge >= 0.3 is 5.97 Å². The minimum absolute atomic E-state index is 0.163. The number of H-pyrrole nitrogens is 1. The van der Waals surface area contributed by atoms with E-state index < -0.39 is 5.97 Å². The number of hydrogen-bond donors (Lipinski definition) is 2. The highest BCUT2D eigenvalue weighted by Crippen LogP contribution is 2.21. The van der Waals surface area contributed by atoms with Crippen molar-refractivity contribution in [2.24, 2.45) is 0 Å². The topological polar surface area (TPSA) is 70.9 Å². The molecular weight excluding hydrogens is 242 g/mol. The van der Waals surface area contributed by atoms with Gasteiger partial charge in [0.05, 0.1) is 23.3 Å². The summed E-state index contributed by atoms with van der Waals surface area (Å²) in [7, 11) is 0. The SMILES string of the molecule is O=C(O)c1ccc(-c2ccnn2-c2ccccc2)[nH]1. The Kier molecular flexibility index (Phi) is 2.64. The highest BCUT2D eigenvalue weighted by Gasteiger charge is 2.11. The van der Waals surface area contributed by atoms with Crippen LogP contribution in [0.25, 0.3) is 17.1 Å². The smallest absolute Gasteiger partial charge is 0.352 e. The maximum absolute atomic E-state index is 10.9. The Morgan fingerprint density at radius 1 is 1.11 bits per heavy atom. The first-order chi connectivity index (χ1) is 9.25. The molecule has 5 nitrogen and oxygen atoms in total. The molecule has 0 aliphatic heterocycles. The lowest BCUT2D eigenvalue weighted by atomic mass is 10.3. The summed E-state index contributed by atoms with van der Waals surface area (Å²) in [6.45, 7) is 0. The molecule has 0 fully saturated rings. The molecule has 2 N–H and O–H groups in total. The molecular formula is C14H11N3O2. The van der Waals surface area contributed by atoms with Crippen LogP contribution < -0.4 is 0 Å². The molecule has 0 saturated carbocycles. The first-order valence-electron chi connectivity index (χ1n) is 5.78. The van der Waals surface area contributed by atoms with Crippen molar-refractivity contribution in [3.8, 4) is 17.1 Å². The van der Waals surface area contributed by atoms with Crippen molar-refractivity contribution < 1.29 is 9.90 Å². The van der Waals surface area contributed by atoms with Crippen LogP contribution in [0, 0.1) is 0 Å². The van der Waals surface area contributed by atoms with Crippen LogP contribution in [0.5, 0.6) is 0 Å². The van der Waals surface area contributed by atoms with E-state index in [-0.39, 0.29) is 5.69 Å². The maximum atomic E-state index is 10.9. The number of nitrogens with zero attached hydrogens (tertiary/aromatic N) is 2. The molecule has 1 aromatic carbocycles. The molecule has 0 bridgehead atoms. The molecule has 0 amide bonds. The van der Waals surface area contributed by atoms with E-state index in [1.165, 1.54) is 0 Å². The van der Waals surface area contributed by atoms with Crippen molar-refractivity contribution in [1.82, 2.24) is 14.8 Å². The van der Waals surface area contributed by atoms with E-state index in [0.29, 0.717) is 0 Å². The predicted molar refractivity (Wildman–Crippen MR) is 70.3 cm³/mol. The number of aromatic amines is 1. The Balaban J connectivity index is 2.07. The van der Waals surface area contributed by atoms with Gasteiger partial charge in [0.25, 0.3) is 0 Å². The van der Waals surface area contributed by atoms with Gasteiger partial charge in [0.1, 0.15) is 5.69 Å². The number of para-hydroxylation sites is 1. The summed E-state index contributed by atoms with van der Waals surface area (Å²) in [5.74, 6) is -0.975. The van der Waals surface area contributed by atoms with Gasteiger partial charge < -0.3 is 10.1 Å². The predicted octanol–water partition coefficient (Wildman–Crippen LogP) is 2.57. The third-order valence-electron chi connectivity index (χ3n) is 2.84. The average molecular weight is 253 g/mol. The average Bonchev–Trinajstić information content (AvgIpc) is 3.08. The second-order valence-corrected chi connectivity index (χ2v) is 4.05. The number of carbonyl (C=O) groups is 1. The number of carboxylic acid groups (broad SMARTS) is 1. The quantitative estimate of drug-likeness (QED) is 0.753. The van der Waals surface area contributed by atoms with E-state index in [1.807, 2.05) is 36.4 Å². The van der Waals surface area contributed by atoms with Crippen LogP contribution >= 0.6 is 0 Å². The Morgan fingerprint density at radius 3 is 2.58 bits per heavy atom. The highest BCUT2D eigenvalue weighted by atomic mass is 16.4. The molecule has 5 heteroatoms. The fourth-order valence-corrected chi connectivity index (χ4v) is 1.95. The van der Waals surface area contributed by atoms with Crippen LogP contribution in [0.1, 0.15) is 10.5 Å². The maximum Gasteiger partial charge on any atom is 0.352 e. The minimum atomic E-state index is -0.975. The van der Waals surface area contributed by atoms with Gasteiger partial charge in [-0.3, -0.25) is 0 Å². The zero-order chi connectivity index (χ0) is 13.2. The van der Waals surface area contributed by atoms with Gasteiger partial charge in [-0.05, 0) is 30.3 Å². The zero-order valence-electron chi connectivity index (χ0n) is 9.95. The normalized spacial score (nSPS) is 10.5. The van der Waals surface area contributed by atoms with Crippen molar-refractivity contribution in [3.05, 3.63) is 60.4 Å². The lowest BCUT2D eigenvalue weighted by Gasteiger charge is -2.05. The summed E-state index contributed by atoms with van der Waals surface area (Å²) in [6.07, 6.45) is 1.68. The monoisotopic (exact) mass is 253 g/mol. The summed E-state index contributed by atoms with van der Waals surface area (Å²) in [4.78, 5) is 13.7. The molecule has 0 unspecified atom stereocenters. The lowest BCUT2D eigenvalue weighted by Crippen LogP contribution is -1.99. The van der Waals surface area contributed by atoms with Crippen LogP contribution in [0.3, 0.4) is 0 Å². The summed E-state index contributed by atoms with van der Waals surface area (Å²) < 4.78 is 1.76. The molecule has 3 rings (SSSR count). The zero-order valence-corrected chi connectivity index (χ0v) is 9.95. The number of aromatic nitrogens is 3. The van der Waals surface area contributed by atoms with Crippen molar-refractivity contribution in [2.45, 2.75) is 0 Å². The number of rotatable bonds is 3. The number of nitrogens with one attached hydrogen (secondary N) is 1. The number of carboxylic acids is 1. The van der Waals surface area contributed by atoms with E-state index in [2.05, 4.69) is 10.1 Å². The van der Waals surface area contributed by atoms with Gasteiger partial charge in [-0.2, -0.15) is 5.10 Å². The first kappa shape index (κ1) is 11.3. The molecule has 2 heterocycles. The molecule has 94 valence electrons. The molecule has 0 aliphatic rings. The van der Waals surface area contributed by atoms with Crippen LogP contribution in [-0.4, -0.2) is 25.8 Å². The molecule has 0 radical (unpaired) electrons. The highest BCUT2D eigenvalue weighted by molar-refractivity contribution is 5.86. The van der Waals surface area contributed by atoms with E-state index in [0.717, 1.165) is 17.1 Å². The van der Waals surface area contributed by atoms with Crippen LogP contribution in [0.4, 0.5) is 0 Å². The van der Waals surface area contributed by atoms with Crippen molar-refractivity contribution >= 4 is 5.97 Å². The van der Waals surface area contributed by atoms with Crippen LogP contribution in [0.2, 0.25) is 0 Å². The Hall–Kier alpha value is -2.82. The van der Waals surface area contributed by atoms with Crippen molar-refractivity contribution in [1.29, 1.82) is 0 Å². The Morgan fingerprint density at radius 2 is 1.89 bits per heavy atom. The van der Waals surface area contributed by atoms with Gasteiger partial charge in [0, 0.05) is 0 Å². The first-order valence-corrected chi connectivity index (χ1v) is 5.78. The molecule has 0 atom stereocenters. The van der Waals surface area contributed by atoms with E-state index >= 15 is 0 Å². The van der Waals surface area contributed by atoms with E-state index in [9.17, 15) is 4.79 Å². The summed E-state index contributed by atoms with van der Waals surface area (Å²) >= 11 is 0. The molecule has 19 heavy (non-hydrogen) atoms. The third kappa shape index (κ3) is 2.01. The number of benzene rings is 1. The van der Waals surface area contributed by atoms with Crippen LogP contribution in [-0.2, 0) is 0 Å². The minimum Gasteiger partial charge on any atom is -0.477 e. The summed E-state index contributed by atoms with van der Waals surface area (Å²) in [5.41, 5.74) is 2.63. The fraction of sp³-hybridized carbons (Fsp3) is 0. The van der Waals surface area contributed by atoms with Crippen LogP contribution in [0.15, 0.2) is 54.7 Å². The van der Waals surface area contributed by atoms with Gasteiger partial charge in [0.15, 0.2) is 0 Å². The third-order valence-corrected chi connectivity index (χ3v) is 2.84. The molecule has 0 spiro atoms. The lowest BCUT2D eigenvalue weighted by molar-refractivity contribution is 0.0691. The second-order valence-electron chi connectivity index (χ2n) is 4.05.